The van der Waals surface area contributed by atoms with Gasteiger partial charge in [0.05, 0.1) is 13.2 Å². The van der Waals surface area contributed by atoms with Gasteiger partial charge in [-0.2, -0.15) is 0 Å². The number of aliphatic hydroxyl groups excluding tert-OH is 8. The molecule has 2 saturated heterocycles. The fraction of sp³-hybridized carbons (Fsp3) is 1.00. The van der Waals surface area contributed by atoms with Crippen molar-refractivity contribution in [1.82, 2.24) is 0 Å². The molecule has 8 N–H and O–H groups in total. The summed E-state index contributed by atoms with van der Waals surface area (Å²) in [6.45, 7) is -1.33. The van der Waals surface area contributed by atoms with E-state index in [1.807, 2.05) is 0 Å². The topological polar surface area (TPSA) is 190 Å². The zero-order chi connectivity index (χ0) is 17.3. The summed E-state index contributed by atoms with van der Waals surface area (Å²) in [4.78, 5) is 0. The maximum absolute atomic E-state index is 9.84. The van der Waals surface area contributed by atoms with Crippen LogP contribution < -0.4 is 0 Å². The van der Waals surface area contributed by atoms with Gasteiger partial charge >= 0.3 is 0 Å². The van der Waals surface area contributed by atoms with E-state index in [0.717, 1.165) is 0 Å². The van der Waals surface area contributed by atoms with Gasteiger partial charge in [0.2, 0.25) is 0 Å². The normalized spacial score (nSPS) is 51.7. The van der Waals surface area contributed by atoms with E-state index in [0.29, 0.717) is 0 Å². The van der Waals surface area contributed by atoms with Gasteiger partial charge < -0.3 is 55.1 Å². The molecular weight excluding hydrogens is 320 g/mol. The molecule has 0 aromatic heterocycles. The molecule has 2 rings (SSSR count). The maximum Gasteiger partial charge on any atom is 0.189 e. The molecule has 2 aliphatic heterocycles. The molecular formula is C12H22O11. The Labute approximate surface area is 130 Å². The molecule has 0 spiro atoms. The van der Waals surface area contributed by atoms with Crippen molar-refractivity contribution in [3.05, 3.63) is 0 Å². The molecule has 0 aliphatic carbocycles. The van der Waals surface area contributed by atoms with Crippen LogP contribution in [-0.4, -0.2) is 115 Å². The Morgan fingerprint density at radius 3 is 1.22 bits per heavy atom. The van der Waals surface area contributed by atoms with E-state index in [1.54, 1.807) is 0 Å². The molecule has 0 aromatic carbocycles. The van der Waals surface area contributed by atoms with Gasteiger partial charge in [-0.3, -0.25) is 0 Å². The first kappa shape index (κ1) is 18.9. The SMILES string of the molecule is OC[C@@H]1O[C@@H](O[C@H]2O[C@H](CO)[C@@H](O)[C@H](O)[C@@H]2O)[C@@H](O)[C@H](O)[C@@H]1O. The number of rotatable bonds is 4. The van der Waals surface area contributed by atoms with Crippen molar-refractivity contribution in [2.45, 2.75) is 61.4 Å². The third-order valence-corrected chi connectivity index (χ3v) is 3.97. The first-order valence-electron chi connectivity index (χ1n) is 7.08. The van der Waals surface area contributed by atoms with Gasteiger partial charge in [0.25, 0.3) is 0 Å². The van der Waals surface area contributed by atoms with Gasteiger partial charge in [0.1, 0.15) is 48.8 Å². The smallest absolute Gasteiger partial charge is 0.189 e. The second-order valence-electron chi connectivity index (χ2n) is 5.53. The zero-order valence-electron chi connectivity index (χ0n) is 12.0. The van der Waals surface area contributed by atoms with Crippen molar-refractivity contribution in [2.24, 2.45) is 0 Å². The predicted molar refractivity (Wildman–Crippen MR) is 68.6 cm³/mol. The summed E-state index contributed by atoms with van der Waals surface area (Å²) < 4.78 is 15.3. The van der Waals surface area contributed by atoms with Crippen LogP contribution in [0, 0.1) is 0 Å². The fourth-order valence-corrected chi connectivity index (χ4v) is 2.49. The Morgan fingerprint density at radius 2 is 0.913 bits per heavy atom. The van der Waals surface area contributed by atoms with Gasteiger partial charge in [0, 0.05) is 0 Å². The van der Waals surface area contributed by atoms with Gasteiger partial charge in [-0.15, -0.1) is 0 Å². The van der Waals surface area contributed by atoms with Crippen LogP contribution in [0.4, 0.5) is 0 Å². The van der Waals surface area contributed by atoms with E-state index in [-0.39, 0.29) is 0 Å². The Morgan fingerprint density at radius 1 is 0.565 bits per heavy atom. The van der Waals surface area contributed by atoms with E-state index in [1.165, 1.54) is 0 Å². The highest BCUT2D eigenvalue weighted by atomic mass is 16.8. The molecule has 0 saturated carbocycles. The molecule has 2 heterocycles. The van der Waals surface area contributed by atoms with E-state index >= 15 is 0 Å². The summed E-state index contributed by atoms with van der Waals surface area (Å²) >= 11 is 0. The molecule has 0 bridgehead atoms. The Kier molecular flexibility index (Phi) is 6.27. The van der Waals surface area contributed by atoms with Gasteiger partial charge in [-0.05, 0) is 0 Å². The van der Waals surface area contributed by atoms with Crippen LogP contribution >= 0.6 is 0 Å². The number of hydrogen-bond donors (Lipinski definition) is 8. The molecule has 0 radical (unpaired) electrons. The van der Waals surface area contributed by atoms with Crippen LogP contribution in [0.15, 0.2) is 0 Å². The van der Waals surface area contributed by atoms with E-state index in [4.69, 9.17) is 24.4 Å². The van der Waals surface area contributed by atoms with Gasteiger partial charge in [-0.25, -0.2) is 0 Å². The standard InChI is InChI=1S/C12H22O11/c13-1-3-5(15)7(17)9(19)11(21-3)23-12-10(20)8(18)6(16)4(2-14)22-12/h3-20H,1-2H2/t3-,4+,5-,6-,7+,8-,9+,10+,11-,12+/m1/s1. The summed E-state index contributed by atoms with van der Waals surface area (Å²) in [5, 5.41) is 76.4. The second kappa shape index (κ2) is 7.63. The van der Waals surface area contributed by atoms with Crippen molar-refractivity contribution in [3.8, 4) is 0 Å². The van der Waals surface area contributed by atoms with Crippen molar-refractivity contribution < 1.29 is 55.1 Å². The summed E-state index contributed by atoms with van der Waals surface area (Å²) in [6.07, 6.45) is -15.6. The molecule has 2 aliphatic rings. The molecule has 0 unspecified atom stereocenters. The lowest BCUT2D eigenvalue weighted by Crippen LogP contribution is -2.63. The molecule has 10 atom stereocenters. The lowest BCUT2D eigenvalue weighted by Gasteiger charge is -2.44. The Balaban J connectivity index is 2.07. The summed E-state index contributed by atoms with van der Waals surface area (Å²) in [7, 11) is 0. The number of aliphatic hydroxyl groups is 8. The first-order valence-corrected chi connectivity index (χ1v) is 7.08. The van der Waals surface area contributed by atoms with E-state index < -0.39 is 74.6 Å². The number of ether oxygens (including phenoxy) is 3. The van der Waals surface area contributed by atoms with Crippen molar-refractivity contribution in [1.29, 1.82) is 0 Å². The summed E-state index contributed by atoms with van der Waals surface area (Å²) in [5.74, 6) is 0. The van der Waals surface area contributed by atoms with Crippen molar-refractivity contribution >= 4 is 0 Å². The van der Waals surface area contributed by atoms with Gasteiger partial charge in [0.15, 0.2) is 12.6 Å². The Hall–Kier alpha value is -0.440. The molecule has 2 fully saturated rings. The van der Waals surface area contributed by atoms with Crippen LogP contribution in [0.5, 0.6) is 0 Å². The predicted octanol–water partition coefficient (Wildman–Crippen LogP) is -5.40. The first-order chi connectivity index (χ1) is 10.8. The lowest BCUT2D eigenvalue weighted by molar-refractivity contribution is -0.376. The average Bonchev–Trinajstić information content (AvgIpc) is 2.55. The summed E-state index contributed by atoms with van der Waals surface area (Å²) in [6, 6.07) is 0. The number of hydrogen-bond acceptors (Lipinski definition) is 11. The average molecular weight is 342 g/mol. The zero-order valence-corrected chi connectivity index (χ0v) is 12.0. The molecule has 23 heavy (non-hydrogen) atoms. The monoisotopic (exact) mass is 342 g/mol. The summed E-state index contributed by atoms with van der Waals surface area (Å²) in [5.41, 5.74) is 0. The molecule has 0 amide bonds. The lowest BCUT2D eigenvalue weighted by atomic mass is 9.98. The second-order valence-corrected chi connectivity index (χ2v) is 5.53. The minimum atomic E-state index is -1.72. The van der Waals surface area contributed by atoms with Crippen LogP contribution in [-0.2, 0) is 14.2 Å². The maximum atomic E-state index is 9.84. The highest BCUT2D eigenvalue weighted by molar-refractivity contribution is 4.92. The fourth-order valence-electron chi connectivity index (χ4n) is 2.49. The van der Waals surface area contributed by atoms with Crippen LogP contribution in [0.25, 0.3) is 0 Å². The van der Waals surface area contributed by atoms with Crippen LogP contribution in [0.1, 0.15) is 0 Å². The van der Waals surface area contributed by atoms with Crippen molar-refractivity contribution in [3.63, 3.8) is 0 Å². The molecule has 0 aromatic rings. The van der Waals surface area contributed by atoms with Crippen molar-refractivity contribution in [2.75, 3.05) is 13.2 Å². The third-order valence-electron chi connectivity index (χ3n) is 3.97. The molecule has 136 valence electrons. The van der Waals surface area contributed by atoms with Crippen LogP contribution in [0.2, 0.25) is 0 Å². The van der Waals surface area contributed by atoms with Crippen LogP contribution in [0.3, 0.4) is 0 Å². The highest BCUT2D eigenvalue weighted by Crippen LogP contribution is 2.27. The third kappa shape index (κ3) is 3.65. The quantitative estimate of drug-likeness (QED) is 0.243. The molecule has 11 nitrogen and oxygen atoms in total. The highest BCUT2D eigenvalue weighted by Gasteiger charge is 2.49. The minimum absolute atomic E-state index is 0.667. The van der Waals surface area contributed by atoms with E-state index in [2.05, 4.69) is 0 Å². The minimum Gasteiger partial charge on any atom is -0.394 e. The Bertz CT molecular complexity index is 344. The van der Waals surface area contributed by atoms with Gasteiger partial charge in [-0.1, -0.05) is 0 Å². The van der Waals surface area contributed by atoms with E-state index in [9.17, 15) is 30.6 Å². The largest absolute Gasteiger partial charge is 0.394 e. The molecule has 11 heteroatoms.